The summed E-state index contributed by atoms with van der Waals surface area (Å²) in [4.78, 5) is 14.0. The molecule has 19 heavy (non-hydrogen) atoms. The third-order valence-electron chi connectivity index (χ3n) is 2.62. The van der Waals surface area contributed by atoms with Crippen LogP contribution >= 0.6 is 11.3 Å². The Morgan fingerprint density at radius 1 is 1.47 bits per heavy atom. The Bertz CT molecular complexity index is 607. The van der Waals surface area contributed by atoms with Crippen molar-refractivity contribution in [3.8, 4) is 0 Å². The summed E-state index contributed by atoms with van der Waals surface area (Å²) in [6.45, 7) is 3.27. The minimum Gasteiger partial charge on any atom is -0.374 e. The average Bonchev–Trinajstić information content (AvgIpc) is 2.78. The Morgan fingerprint density at radius 3 is 2.84 bits per heavy atom. The van der Waals surface area contributed by atoms with Crippen molar-refractivity contribution in [3.05, 3.63) is 27.6 Å². The van der Waals surface area contributed by atoms with Crippen LogP contribution in [-0.2, 0) is 6.54 Å². The van der Waals surface area contributed by atoms with E-state index in [2.05, 4.69) is 22.2 Å². The lowest BCUT2D eigenvalue weighted by Gasteiger charge is -2.17. The molecule has 0 atom stereocenters. The van der Waals surface area contributed by atoms with E-state index in [1.165, 1.54) is 16.0 Å². The Labute approximate surface area is 114 Å². The fourth-order valence-electron chi connectivity index (χ4n) is 1.67. The average molecular weight is 280 g/mol. The van der Waals surface area contributed by atoms with Crippen LogP contribution in [0.4, 0.5) is 10.8 Å². The highest BCUT2D eigenvalue weighted by molar-refractivity contribution is 7.15. The highest BCUT2D eigenvalue weighted by Crippen LogP contribution is 2.12. The van der Waals surface area contributed by atoms with Gasteiger partial charge in [0.1, 0.15) is 5.01 Å². The number of hydrogen-bond acceptors (Lipinski definition) is 7. The topological polar surface area (TPSA) is 89.9 Å². The van der Waals surface area contributed by atoms with Crippen LogP contribution in [0, 0.1) is 0 Å². The van der Waals surface area contributed by atoms with Crippen molar-refractivity contribution in [2.45, 2.75) is 19.9 Å². The predicted molar refractivity (Wildman–Crippen MR) is 75.5 cm³/mol. The number of hydrogen-bond donors (Lipinski definition) is 1. The van der Waals surface area contributed by atoms with Crippen LogP contribution in [0.25, 0.3) is 0 Å². The number of rotatable bonds is 5. The van der Waals surface area contributed by atoms with E-state index in [1.54, 1.807) is 12.3 Å². The molecule has 0 saturated heterocycles. The van der Waals surface area contributed by atoms with Gasteiger partial charge in [0.15, 0.2) is 0 Å². The molecule has 2 aromatic rings. The molecule has 7 nitrogen and oxygen atoms in total. The Kier molecular flexibility index (Phi) is 4.10. The molecule has 2 rings (SSSR count). The van der Waals surface area contributed by atoms with E-state index in [1.807, 2.05) is 11.9 Å². The molecule has 2 aromatic heterocycles. The number of aromatic nitrogens is 4. The monoisotopic (exact) mass is 280 g/mol. The zero-order valence-electron chi connectivity index (χ0n) is 10.9. The minimum atomic E-state index is -0.158. The molecule has 0 saturated carbocycles. The van der Waals surface area contributed by atoms with Gasteiger partial charge in [0.05, 0.1) is 18.4 Å². The van der Waals surface area contributed by atoms with Crippen molar-refractivity contribution < 1.29 is 0 Å². The van der Waals surface area contributed by atoms with E-state index in [-0.39, 0.29) is 5.56 Å². The van der Waals surface area contributed by atoms with Gasteiger partial charge in [-0.25, -0.2) is 4.68 Å². The molecule has 8 heteroatoms. The van der Waals surface area contributed by atoms with Crippen molar-refractivity contribution >= 4 is 22.2 Å². The molecule has 0 bridgehead atoms. The van der Waals surface area contributed by atoms with Gasteiger partial charge in [0.25, 0.3) is 5.56 Å². The summed E-state index contributed by atoms with van der Waals surface area (Å²) in [6.07, 6.45) is 2.70. The predicted octanol–water partition coefficient (Wildman–Crippen LogP) is 0.572. The second-order valence-electron chi connectivity index (χ2n) is 4.17. The summed E-state index contributed by atoms with van der Waals surface area (Å²) >= 11 is 1.26. The van der Waals surface area contributed by atoms with Crippen LogP contribution in [0.15, 0.2) is 17.1 Å². The summed E-state index contributed by atoms with van der Waals surface area (Å²) in [5.41, 5.74) is 6.16. The number of nitrogens with zero attached hydrogens (tertiary/aromatic N) is 5. The third-order valence-corrected chi connectivity index (χ3v) is 3.36. The maximum absolute atomic E-state index is 12.0. The molecular weight excluding hydrogens is 264 g/mol. The van der Waals surface area contributed by atoms with Gasteiger partial charge in [0.2, 0.25) is 5.13 Å². The molecule has 0 radical (unpaired) electrons. The standard InChI is InChI=1S/C11H16N6OS/c1-3-4-16(2)8-5-10(18)17(13-6-8)7-9-14-15-11(12)19-9/h5-6H,3-4,7H2,1-2H3,(H2,12,15). The van der Waals surface area contributed by atoms with Crippen LogP contribution in [0.2, 0.25) is 0 Å². The Balaban J connectivity index is 2.17. The van der Waals surface area contributed by atoms with Crippen molar-refractivity contribution in [3.63, 3.8) is 0 Å². The Morgan fingerprint density at radius 2 is 2.26 bits per heavy atom. The van der Waals surface area contributed by atoms with Gasteiger partial charge in [-0.3, -0.25) is 4.79 Å². The van der Waals surface area contributed by atoms with E-state index in [0.29, 0.717) is 16.7 Å². The lowest BCUT2D eigenvalue weighted by atomic mass is 10.3. The van der Waals surface area contributed by atoms with Crippen molar-refractivity contribution in [2.24, 2.45) is 0 Å². The van der Waals surface area contributed by atoms with Crippen LogP contribution in [0.3, 0.4) is 0 Å². The SMILES string of the molecule is CCCN(C)c1cnn(Cc2nnc(N)s2)c(=O)c1. The summed E-state index contributed by atoms with van der Waals surface area (Å²) < 4.78 is 1.35. The molecule has 0 aliphatic carbocycles. The summed E-state index contributed by atoms with van der Waals surface area (Å²) in [5, 5.41) is 12.8. The van der Waals surface area contributed by atoms with Gasteiger partial charge in [-0.15, -0.1) is 10.2 Å². The summed E-state index contributed by atoms with van der Waals surface area (Å²) in [6, 6.07) is 1.58. The van der Waals surface area contributed by atoms with Gasteiger partial charge >= 0.3 is 0 Å². The molecule has 0 aliphatic rings. The molecule has 0 fully saturated rings. The number of nitrogens with two attached hydrogens (primary N) is 1. The number of nitrogen functional groups attached to an aromatic ring is 1. The van der Waals surface area contributed by atoms with E-state index in [9.17, 15) is 4.79 Å². The fourth-order valence-corrected chi connectivity index (χ4v) is 2.27. The highest BCUT2D eigenvalue weighted by Gasteiger charge is 2.07. The van der Waals surface area contributed by atoms with Gasteiger partial charge < -0.3 is 10.6 Å². The second kappa shape index (κ2) is 5.79. The highest BCUT2D eigenvalue weighted by atomic mass is 32.1. The molecule has 0 unspecified atom stereocenters. The zero-order valence-corrected chi connectivity index (χ0v) is 11.7. The number of anilines is 2. The van der Waals surface area contributed by atoms with Crippen molar-refractivity contribution in [1.29, 1.82) is 0 Å². The lowest BCUT2D eigenvalue weighted by Crippen LogP contribution is -2.26. The second-order valence-corrected chi connectivity index (χ2v) is 5.26. The summed E-state index contributed by atoms with van der Waals surface area (Å²) in [7, 11) is 1.94. The first-order chi connectivity index (χ1) is 9.10. The van der Waals surface area contributed by atoms with Gasteiger partial charge in [-0.2, -0.15) is 5.10 Å². The van der Waals surface area contributed by atoms with Crippen molar-refractivity contribution in [1.82, 2.24) is 20.0 Å². The fraction of sp³-hybridized carbons (Fsp3) is 0.455. The van der Waals surface area contributed by atoms with Crippen LogP contribution in [0.5, 0.6) is 0 Å². The quantitative estimate of drug-likeness (QED) is 0.861. The molecule has 102 valence electrons. The van der Waals surface area contributed by atoms with Gasteiger partial charge in [-0.05, 0) is 6.42 Å². The third kappa shape index (κ3) is 3.28. The minimum absolute atomic E-state index is 0.158. The summed E-state index contributed by atoms with van der Waals surface area (Å²) in [5.74, 6) is 0. The first kappa shape index (κ1) is 13.5. The smallest absolute Gasteiger partial charge is 0.269 e. The van der Waals surface area contributed by atoms with Crippen LogP contribution in [0.1, 0.15) is 18.4 Å². The van der Waals surface area contributed by atoms with Crippen molar-refractivity contribution in [2.75, 3.05) is 24.2 Å². The molecule has 2 heterocycles. The molecule has 2 N–H and O–H groups in total. The molecule has 0 spiro atoms. The first-order valence-electron chi connectivity index (χ1n) is 5.96. The largest absolute Gasteiger partial charge is 0.374 e. The van der Waals surface area contributed by atoms with E-state index >= 15 is 0 Å². The molecule has 0 aliphatic heterocycles. The zero-order chi connectivity index (χ0) is 13.8. The normalized spacial score (nSPS) is 10.6. The van der Waals surface area contributed by atoms with E-state index < -0.39 is 0 Å². The maximum Gasteiger partial charge on any atom is 0.269 e. The van der Waals surface area contributed by atoms with E-state index in [4.69, 9.17) is 5.73 Å². The molecule has 0 amide bonds. The lowest BCUT2D eigenvalue weighted by molar-refractivity contribution is 0.630. The molecule has 0 aromatic carbocycles. The van der Waals surface area contributed by atoms with Gasteiger partial charge in [-0.1, -0.05) is 18.3 Å². The first-order valence-corrected chi connectivity index (χ1v) is 6.78. The van der Waals surface area contributed by atoms with Gasteiger partial charge in [0, 0.05) is 19.7 Å². The maximum atomic E-state index is 12.0. The van der Waals surface area contributed by atoms with Crippen LogP contribution < -0.4 is 16.2 Å². The Hall–Kier alpha value is -1.96. The van der Waals surface area contributed by atoms with E-state index in [0.717, 1.165) is 18.7 Å². The molecular formula is C11H16N6OS. The van der Waals surface area contributed by atoms with Crippen LogP contribution in [-0.4, -0.2) is 33.6 Å².